The second-order valence-corrected chi connectivity index (χ2v) is 5.86. The Morgan fingerprint density at radius 1 is 1.28 bits per heavy atom. The summed E-state index contributed by atoms with van der Waals surface area (Å²) in [5, 5.41) is 4.77. The number of rotatable bonds is 2. The molecule has 1 fully saturated rings. The molecule has 0 aliphatic carbocycles. The summed E-state index contributed by atoms with van der Waals surface area (Å²) in [7, 11) is 0. The van der Waals surface area contributed by atoms with Crippen LogP contribution in [0.3, 0.4) is 0 Å². The number of nitrogens with one attached hydrogen (secondary N) is 2. The third-order valence-electron chi connectivity index (χ3n) is 4.01. The van der Waals surface area contributed by atoms with Gasteiger partial charge in [0, 0.05) is 27.0 Å². The molecule has 0 saturated carbocycles. The van der Waals surface area contributed by atoms with Crippen LogP contribution < -0.4 is 5.32 Å². The average Bonchev–Trinajstić information content (AvgIpc) is 2.77. The Hall–Kier alpha value is -0.800. The van der Waals surface area contributed by atoms with E-state index in [0.717, 1.165) is 19.5 Å². The van der Waals surface area contributed by atoms with Crippen LogP contribution in [0.25, 0.3) is 10.9 Å². The van der Waals surface area contributed by atoms with Crippen LogP contribution in [0.2, 0.25) is 0 Å². The number of H-pyrrole nitrogens is 1. The van der Waals surface area contributed by atoms with Gasteiger partial charge >= 0.3 is 0 Å². The second-order valence-electron chi connectivity index (χ2n) is 5.07. The van der Waals surface area contributed by atoms with Crippen LogP contribution in [0, 0.1) is 0 Å². The van der Waals surface area contributed by atoms with Crippen LogP contribution in [0.5, 0.6) is 0 Å². The van der Waals surface area contributed by atoms with E-state index >= 15 is 0 Å². The molecule has 18 heavy (non-hydrogen) atoms. The third-order valence-corrected chi connectivity index (χ3v) is 4.87. The molecule has 2 N–H and O–H groups in total. The van der Waals surface area contributed by atoms with Crippen molar-refractivity contribution in [3.63, 3.8) is 0 Å². The van der Waals surface area contributed by atoms with Crippen LogP contribution in [0.4, 0.5) is 0 Å². The molecule has 96 valence electrons. The molecule has 1 aliphatic rings. The number of hydrogen-bond acceptors (Lipinski definition) is 1. The summed E-state index contributed by atoms with van der Waals surface area (Å²) in [6, 6.07) is 6.59. The molecule has 0 amide bonds. The highest BCUT2D eigenvalue weighted by molar-refractivity contribution is 9.10. The fourth-order valence-corrected chi connectivity index (χ4v) is 3.71. The average molecular weight is 307 g/mol. The largest absolute Gasteiger partial charge is 0.357 e. The number of piperidine rings is 1. The maximum Gasteiger partial charge on any atom is 0.0500 e. The van der Waals surface area contributed by atoms with Crippen LogP contribution in [0.1, 0.15) is 36.9 Å². The summed E-state index contributed by atoms with van der Waals surface area (Å²) in [6.45, 7) is 4.48. The van der Waals surface area contributed by atoms with Crippen molar-refractivity contribution in [1.82, 2.24) is 10.3 Å². The summed E-state index contributed by atoms with van der Waals surface area (Å²) in [5.74, 6) is 0.665. The molecule has 2 nitrogen and oxygen atoms in total. The number of aromatic amines is 1. The van der Waals surface area contributed by atoms with E-state index in [-0.39, 0.29) is 0 Å². The van der Waals surface area contributed by atoms with Gasteiger partial charge in [-0.15, -0.1) is 0 Å². The molecular weight excluding hydrogens is 288 g/mol. The first kappa shape index (κ1) is 12.2. The number of aromatic nitrogens is 1. The Morgan fingerprint density at radius 3 is 2.78 bits per heavy atom. The van der Waals surface area contributed by atoms with Gasteiger partial charge in [-0.25, -0.2) is 0 Å². The lowest BCUT2D eigenvalue weighted by Gasteiger charge is -2.22. The highest BCUT2D eigenvalue weighted by Gasteiger charge is 2.21. The van der Waals surface area contributed by atoms with E-state index in [0.29, 0.717) is 5.92 Å². The Bertz CT molecular complexity index is 553. The topological polar surface area (TPSA) is 27.8 Å². The van der Waals surface area contributed by atoms with Crippen molar-refractivity contribution in [2.45, 2.75) is 32.1 Å². The summed E-state index contributed by atoms with van der Waals surface area (Å²) in [4.78, 5) is 3.68. The van der Waals surface area contributed by atoms with Crippen molar-refractivity contribution in [3.8, 4) is 0 Å². The maximum absolute atomic E-state index is 3.80. The van der Waals surface area contributed by atoms with E-state index in [2.05, 4.69) is 51.4 Å². The standard InChI is InChI=1S/C15H19BrN2/c1-2-10-4-3-5-12-13(16)15(18-14(10)12)11-6-8-17-9-7-11/h3-5,11,17-18H,2,6-9H2,1H3. The number of aryl methyl sites for hydroxylation is 1. The molecule has 1 aliphatic heterocycles. The van der Waals surface area contributed by atoms with Crippen molar-refractivity contribution < 1.29 is 0 Å². The minimum atomic E-state index is 0.665. The van der Waals surface area contributed by atoms with E-state index in [4.69, 9.17) is 0 Å². The zero-order chi connectivity index (χ0) is 12.5. The molecule has 0 radical (unpaired) electrons. The minimum Gasteiger partial charge on any atom is -0.357 e. The van der Waals surface area contributed by atoms with Crippen LogP contribution in [-0.2, 0) is 6.42 Å². The Morgan fingerprint density at radius 2 is 2.06 bits per heavy atom. The van der Waals surface area contributed by atoms with Gasteiger partial charge in [0.15, 0.2) is 0 Å². The van der Waals surface area contributed by atoms with E-state index in [9.17, 15) is 0 Å². The highest BCUT2D eigenvalue weighted by atomic mass is 79.9. The molecule has 0 spiro atoms. The van der Waals surface area contributed by atoms with Crippen molar-refractivity contribution >= 4 is 26.8 Å². The summed E-state index contributed by atoms with van der Waals surface area (Å²) >= 11 is 3.80. The summed E-state index contributed by atoms with van der Waals surface area (Å²) in [6.07, 6.45) is 3.54. The van der Waals surface area contributed by atoms with Crippen molar-refractivity contribution in [2.75, 3.05) is 13.1 Å². The fourth-order valence-electron chi connectivity index (χ4n) is 2.95. The molecule has 1 saturated heterocycles. The van der Waals surface area contributed by atoms with Gasteiger partial charge < -0.3 is 10.3 Å². The molecule has 0 bridgehead atoms. The number of fused-ring (bicyclic) bond motifs is 1. The number of benzene rings is 1. The van der Waals surface area contributed by atoms with Crippen molar-refractivity contribution in [3.05, 3.63) is 33.9 Å². The van der Waals surface area contributed by atoms with Crippen LogP contribution in [0.15, 0.2) is 22.7 Å². The minimum absolute atomic E-state index is 0.665. The van der Waals surface area contributed by atoms with Crippen molar-refractivity contribution in [1.29, 1.82) is 0 Å². The monoisotopic (exact) mass is 306 g/mol. The van der Waals surface area contributed by atoms with Gasteiger partial charge in [0.05, 0.1) is 0 Å². The van der Waals surface area contributed by atoms with E-state index < -0.39 is 0 Å². The molecule has 3 rings (SSSR count). The second kappa shape index (κ2) is 5.06. The Labute approximate surface area is 116 Å². The maximum atomic E-state index is 3.80. The van der Waals surface area contributed by atoms with Gasteiger partial charge in [-0.1, -0.05) is 25.1 Å². The van der Waals surface area contributed by atoms with E-state index in [1.807, 2.05) is 0 Å². The van der Waals surface area contributed by atoms with Crippen LogP contribution >= 0.6 is 15.9 Å². The highest BCUT2D eigenvalue weighted by Crippen LogP contribution is 2.37. The molecular formula is C15H19BrN2. The SMILES string of the molecule is CCc1cccc2c(Br)c(C3CCNCC3)[nH]c12. The predicted octanol–water partition coefficient (Wildman–Crippen LogP) is 3.96. The lowest BCUT2D eigenvalue weighted by Crippen LogP contribution is -2.26. The first-order valence-electron chi connectivity index (χ1n) is 6.81. The van der Waals surface area contributed by atoms with Gasteiger partial charge in [0.25, 0.3) is 0 Å². The lowest BCUT2D eigenvalue weighted by atomic mass is 9.95. The third kappa shape index (κ3) is 1.99. The van der Waals surface area contributed by atoms with Gasteiger partial charge in [0.1, 0.15) is 0 Å². The first-order valence-corrected chi connectivity index (χ1v) is 7.60. The normalized spacial score (nSPS) is 17.4. The number of halogens is 1. The summed E-state index contributed by atoms with van der Waals surface area (Å²) in [5.41, 5.74) is 4.13. The zero-order valence-electron chi connectivity index (χ0n) is 10.7. The zero-order valence-corrected chi connectivity index (χ0v) is 12.3. The van der Waals surface area contributed by atoms with E-state index in [1.54, 1.807) is 0 Å². The quantitative estimate of drug-likeness (QED) is 0.863. The number of hydrogen-bond donors (Lipinski definition) is 2. The van der Waals surface area contributed by atoms with Gasteiger partial charge in [-0.3, -0.25) is 0 Å². The first-order chi connectivity index (χ1) is 8.81. The molecule has 2 heterocycles. The molecule has 0 atom stereocenters. The van der Waals surface area contributed by atoms with Gasteiger partial charge in [-0.2, -0.15) is 0 Å². The van der Waals surface area contributed by atoms with Gasteiger partial charge in [0.2, 0.25) is 0 Å². The Balaban J connectivity index is 2.09. The molecule has 3 heteroatoms. The summed E-state index contributed by atoms with van der Waals surface area (Å²) < 4.78 is 1.28. The van der Waals surface area contributed by atoms with Gasteiger partial charge in [-0.05, 0) is 53.8 Å². The van der Waals surface area contributed by atoms with Crippen molar-refractivity contribution in [2.24, 2.45) is 0 Å². The smallest absolute Gasteiger partial charge is 0.0500 e. The molecule has 1 aromatic heterocycles. The fraction of sp³-hybridized carbons (Fsp3) is 0.467. The molecule has 1 aromatic carbocycles. The van der Waals surface area contributed by atoms with Crippen LogP contribution in [-0.4, -0.2) is 18.1 Å². The Kier molecular flexibility index (Phi) is 3.44. The molecule has 2 aromatic rings. The lowest BCUT2D eigenvalue weighted by molar-refractivity contribution is 0.454. The molecule has 0 unspecified atom stereocenters. The predicted molar refractivity (Wildman–Crippen MR) is 80.2 cm³/mol. The van der Waals surface area contributed by atoms with E-state index in [1.165, 1.54) is 39.5 Å². The number of para-hydroxylation sites is 1.